The lowest BCUT2D eigenvalue weighted by Gasteiger charge is -2.38. The number of aliphatic hydroxyl groups excluding tert-OH is 3. The number of nitrogens with zero attached hydrogens (tertiary/aromatic N) is 1. The second-order valence-electron chi connectivity index (χ2n) is 5.63. The molecule has 0 radical (unpaired) electrons. The minimum atomic E-state index is -0.812. The molecule has 5 heteroatoms. The Morgan fingerprint density at radius 3 is 2.57 bits per heavy atom. The molecule has 21 heavy (non-hydrogen) atoms. The molecule has 1 aromatic rings. The van der Waals surface area contributed by atoms with Crippen LogP contribution in [0.15, 0.2) is 30.3 Å². The van der Waals surface area contributed by atoms with E-state index >= 15 is 0 Å². The molecular weight excluding hydrogens is 270 g/mol. The minimum Gasteiger partial charge on any atom is -0.494 e. The van der Waals surface area contributed by atoms with Crippen molar-refractivity contribution in [2.75, 3.05) is 32.8 Å². The first-order valence-corrected chi connectivity index (χ1v) is 7.58. The number of likely N-dealkylation sites (tertiary alicyclic amines) is 1. The van der Waals surface area contributed by atoms with Gasteiger partial charge in [-0.3, -0.25) is 0 Å². The van der Waals surface area contributed by atoms with Crippen LogP contribution >= 0.6 is 0 Å². The van der Waals surface area contributed by atoms with Gasteiger partial charge in [0.05, 0.1) is 18.8 Å². The highest BCUT2D eigenvalue weighted by molar-refractivity contribution is 5.20. The summed E-state index contributed by atoms with van der Waals surface area (Å²) in [5.41, 5.74) is 0. The molecule has 0 aliphatic carbocycles. The number of unbranched alkanes of at least 4 members (excludes halogenated alkanes) is 1. The van der Waals surface area contributed by atoms with E-state index < -0.39 is 12.2 Å². The number of para-hydroxylation sites is 1. The molecule has 1 fully saturated rings. The largest absolute Gasteiger partial charge is 0.494 e. The molecule has 1 saturated heterocycles. The molecule has 2 rings (SSSR count). The van der Waals surface area contributed by atoms with E-state index in [0.29, 0.717) is 19.7 Å². The van der Waals surface area contributed by atoms with E-state index in [9.17, 15) is 15.3 Å². The molecule has 0 aromatic heterocycles. The molecule has 0 saturated carbocycles. The van der Waals surface area contributed by atoms with Crippen molar-refractivity contribution in [2.45, 2.75) is 25.0 Å². The quantitative estimate of drug-likeness (QED) is 0.639. The van der Waals surface area contributed by atoms with Crippen molar-refractivity contribution in [2.24, 2.45) is 5.92 Å². The van der Waals surface area contributed by atoms with Gasteiger partial charge in [0.15, 0.2) is 0 Å². The molecule has 118 valence electrons. The van der Waals surface area contributed by atoms with Gasteiger partial charge < -0.3 is 25.0 Å². The number of hydrogen-bond acceptors (Lipinski definition) is 5. The average Bonchev–Trinajstić information content (AvgIpc) is 2.51. The maximum atomic E-state index is 9.77. The molecule has 1 heterocycles. The summed E-state index contributed by atoms with van der Waals surface area (Å²) in [6.07, 6.45) is 0.325. The van der Waals surface area contributed by atoms with Crippen LogP contribution in [0.2, 0.25) is 0 Å². The molecule has 1 aliphatic heterocycles. The Balaban J connectivity index is 1.62. The van der Waals surface area contributed by atoms with E-state index in [1.165, 1.54) is 0 Å². The van der Waals surface area contributed by atoms with Crippen LogP contribution in [-0.4, -0.2) is 65.3 Å². The Morgan fingerprint density at radius 1 is 1.10 bits per heavy atom. The molecule has 5 nitrogen and oxygen atoms in total. The maximum Gasteiger partial charge on any atom is 0.119 e. The van der Waals surface area contributed by atoms with Gasteiger partial charge >= 0.3 is 0 Å². The lowest BCUT2D eigenvalue weighted by Crippen LogP contribution is -2.53. The van der Waals surface area contributed by atoms with Crippen LogP contribution in [-0.2, 0) is 0 Å². The van der Waals surface area contributed by atoms with Crippen molar-refractivity contribution in [3.05, 3.63) is 30.3 Å². The summed E-state index contributed by atoms with van der Waals surface area (Å²) in [7, 11) is 0. The Bertz CT molecular complexity index is 401. The van der Waals surface area contributed by atoms with Crippen molar-refractivity contribution >= 4 is 0 Å². The number of piperidine rings is 1. The van der Waals surface area contributed by atoms with Gasteiger partial charge in [0, 0.05) is 25.6 Å². The van der Waals surface area contributed by atoms with Gasteiger partial charge in [-0.05, 0) is 31.5 Å². The highest BCUT2D eigenvalue weighted by Gasteiger charge is 2.33. The number of benzene rings is 1. The second-order valence-corrected chi connectivity index (χ2v) is 5.63. The second kappa shape index (κ2) is 8.34. The van der Waals surface area contributed by atoms with Crippen LogP contribution in [0, 0.1) is 5.92 Å². The van der Waals surface area contributed by atoms with Crippen LogP contribution in [0.25, 0.3) is 0 Å². The van der Waals surface area contributed by atoms with E-state index in [2.05, 4.69) is 4.90 Å². The summed E-state index contributed by atoms with van der Waals surface area (Å²) in [6.45, 7) is 2.53. The van der Waals surface area contributed by atoms with E-state index in [1.54, 1.807) is 0 Å². The predicted octanol–water partition coefficient (Wildman–Crippen LogP) is 0.491. The smallest absolute Gasteiger partial charge is 0.119 e. The van der Waals surface area contributed by atoms with Gasteiger partial charge in [-0.2, -0.15) is 0 Å². The van der Waals surface area contributed by atoms with Crippen LogP contribution in [0.3, 0.4) is 0 Å². The van der Waals surface area contributed by atoms with E-state index in [-0.39, 0.29) is 12.5 Å². The first kappa shape index (κ1) is 16.2. The number of rotatable bonds is 7. The van der Waals surface area contributed by atoms with Crippen molar-refractivity contribution in [1.82, 2.24) is 4.90 Å². The fraction of sp³-hybridized carbons (Fsp3) is 0.625. The third-order valence-corrected chi connectivity index (χ3v) is 3.93. The van der Waals surface area contributed by atoms with E-state index in [0.717, 1.165) is 25.1 Å². The zero-order valence-electron chi connectivity index (χ0n) is 12.3. The summed E-state index contributed by atoms with van der Waals surface area (Å²) in [6, 6.07) is 9.73. The number of ether oxygens (including phenoxy) is 1. The van der Waals surface area contributed by atoms with Crippen molar-refractivity contribution in [3.8, 4) is 5.75 Å². The van der Waals surface area contributed by atoms with Gasteiger partial charge in [-0.1, -0.05) is 18.2 Å². The summed E-state index contributed by atoms with van der Waals surface area (Å²) < 4.78 is 5.63. The van der Waals surface area contributed by atoms with Gasteiger partial charge in [-0.25, -0.2) is 0 Å². The van der Waals surface area contributed by atoms with Crippen LogP contribution in [0.4, 0.5) is 0 Å². The average molecular weight is 295 g/mol. The maximum absolute atomic E-state index is 9.77. The monoisotopic (exact) mass is 295 g/mol. The zero-order valence-corrected chi connectivity index (χ0v) is 12.3. The Labute approximate surface area is 125 Å². The van der Waals surface area contributed by atoms with Crippen LogP contribution < -0.4 is 4.74 Å². The highest BCUT2D eigenvalue weighted by Crippen LogP contribution is 2.18. The topological polar surface area (TPSA) is 73.2 Å². The van der Waals surface area contributed by atoms with Gasteiger partial charge in [-0.15, -0.1) is 0 Å². The number of β-amino-alcohol motifs (C(OH)–C–C–N with tert-alkyl or cyclic N) is 1. The van der Waals surface area contributed by atoms with Crippen LogP contribution in [0.1, 0.15) is 12.8 Å². The molecular formula is C16H25NO4. The highest BCUT2D eigenvalue weighted by atomic mass is 16.5. The lowest BCUT2D eigenvalue weighted by atomic mass is 9.93. The van der Waals surface area contributed by atoms with Crippen LogP contribution in [0.5, 0.6) is 5.75 Å². The molecule has 1 aliphatic rings. The summed E-state index contributed by atoms with van der Waals surface area (Å²) in [5.74, 6) is 0.628. The Morgan fingerprint density at radius 2 is 1.86 bits per heavy atom. The molecule has 3 N–H and O–H groups in total. The third kappa shape index (κ3) is 4.97. The predicted molar refractivity (Wildman–Crippen MR) is 80.2 cm³/mol. The number of aliphatic hydroxyl groups is 3. The summed E-state index contributed by atoms with van der Waals surface area (Å²) >= 11 is 0. The minimum absolute atomic E-state index is 0.0914. The summed E-state index contributed by atoms with van der Waals surface area (Å²) in [5, 5.41) is 28.7. The fourth-order valence-electron chi connectivity index (χ4n) is 2.69. The molecule has 0 amide bonds. The van der Waals surface area contributed by atoms with Gasteiger partial charge in [0.1, 0.15) is 5.75 Å². The first-order chi connectivity index (χ1) is 10.2. The number of hydrogen-bond donors (Lipinski definition) is 3. The normalized spacial score (nSPS) is 26.7. The van der Waals surface area contributed by atoms with Crippen molar-refractivity contribution < 1.29 is 20.1 Å². The molecule has 3 atom stereocenters. The fourth-order valence-corrected chi connectivity index (χ4v) is 2.69. The SMILES string of the molecule is OCC1CN(CCCCOc2ccccc2)CC(O)C1O. The van der Waals surface area contributed by atoms with Gasteiger partial charge in [0.25, 0.3) is 0 Å². The first-order valence-electron chi connectivity index (χ1n) is 7.58. The van der Waals surface area contributed by atoms with E-state index in [4.69, 9.17) is 4.74 Å². The Kier molecular flexibility index (Phi) is 6.45. The summed E-state index contributed by atoms with van der Waals surface area (Å²) in [4.78, 5) is 2.10. The third-order valence-electron chi connectivity index (χ3n) is 3.93. The van der Waals surface area contributed by atoms with E-state index in [1.807, 2.05) is 30.3 Å². The molecule has 0 bridgehead atoms. The molecule has 0 spiro atoms. The lowest BCUT2D eigenvalue weighted by molar-refractivity contribution is -0.0862. The molecule has 3 unspecified atom stereocenters. The van der Waals surface area contributed by atoms with Crippen molar-refractivity contribution in [1.29, 1.82) is 0 Å². The molecule has 1 aromatic carbocycles. The van der Waals surface area contributed by atoms with Crippen molar-refractivity contribution in [3.63, 3.8) is 0 Å². The standard InChI is InChI=1S/C16H25NO4/c18-12-13-10-17(11-15(19)16(13)20)8-4-5-9-21-14-6-2-1-3-7-14/h1-3,6-7,13,15-16,18-20H,4-5,8-12H2. The Hall–Kier alpha value is -1.14. The zero-order chi connectivity index (χ0) is 15.1. The van der Waals surface area contributed by atoms with Gasteiger partial charge in [0.2, 0.25) is 0 Å².